The summed E-state index contributed by atoms with van der Waals surface area (Å²) in [6, 6.07) is 33.9. The molecule has 0 amide bonds. The van der Waals surface area contributed by atoms with Crippen molar-refractivity contribution in [2.75, 3.05) is 0 Å². The number of hydrogen-bond donors (Lipinski definition) is 0. The van der Waals surface area contributed by atoms with Gasteiger partial charge in [0, 0.05) is 57.3 Å². The number of nitrogens with zero attached hydrogens (tertiary/aromatic N) is 5. The Bertz CT molecular complexity index is 2790. The van der Waals surface area contributed by atoms with Gasteiger partial charge in [-0.2, -0.15) is 0 Å². The maximum absolute atomic E-state index is 6.70. The maximum atomic E-state index is 6.70. The minimum absolute atomic E-state index is 0.0882. The van der Waals surface area contributed by atoms with E-state index in [1.165, 1.54) is 27.6 Å². The number of benzene rings is 4. The number of aromatic nitrogens is 5. The lowest BCUT2D eigenvalue weighted by molar-refractivity contribution is 0.484. The molecule has 9 aromatic rings. The summed E-state index contributed by atoms with van der Waals surface area (Å²) in [4.78, 5) is 15.0. The first kappa shape index (κ1) is 30.1. The van der Waals surface area contributed by atoms with Crippen molar-refractivity contribution in [1.82, 2.24) is 23.9 Å². The molecule has 244 valence electrons. The van der Waals surface area contributed by atoms with Crippen molar-refractivity contribution in [3.05, 3.63) is 138 Å². The molecule has 0 unspecified atom stereocenters. The van der Waals surface area contributed by atoms with Gasteiger partial charge in [0.2, 0.25) is 0 Å². The second-order valence-electron chi connectivity index (χ2n) is 14.4. The van der Waals surface area contributed by atoms with Crippen LogP contribution in [0, 0.1) is 20.8 Å². The molecule has 0 saturated carbocycles. The van der Waals surface area contributed by atoms with Gasteiger partial charge in [-0.1, -0.05) is 62.7 Å². The predicted molar refractivity (Wildman–Crippen MR) is 205 cm³/mol. The van der Waals surface area contributed by atoms with Crippen molar-refractivity contribution in [2.45, 2.75) is 47.0 Å². The monoisotopic (exact) mass is 651 g/mol. The van der Waals surface area contributed by atoms with Crippen LogP contribution < -0.4 is 4.74 Å². The topological polar surface area (TPSA) is 57.2 Å². The highest BCUT2D eigenvalue weighted by Crippen LogP contribution is 2.39. The number of pyridine rings is 3. The van der Waals surface area contributed by atoms with Crippen molar-refractivity contribution in [3.8, 4) is 28.6 Å². The van der Waals surface area contributed by atoms with Crippen LogP contribution in [0.2, 0.25) is 0 Å². The summed E-state index contributed by atoms with van der Waals surface area (Å²) in [5.74, 6) is 2.43. The van der Waals surface area contributed by atoms with Crippen LogP contribution in [0.4, 0.5) is 0 Å². The van der Waals surface area contributed by atoms with Crippen LogP contribution in [-0.4, -0.2) is 23.9 Å². The van der Waals surface area contributed by atoms with Gasteiger partial charge >= 0.3 is 0 Å². The second kappa shape index (κ2) is 11.0. The van der Waals surface area contributed by atoms with Crippen LogP contribution in [-0.2, 0) is 5.41 Å². The average molecular weight is 652 g/mol. The third-order valence-electron chi connectivity index (χ3n) is 9.86. The summed E-state index contributed by atoms with van der Waals surface area (Å²) in [5.41, 5.74) is 10.8. The highest BCUT2D eigenvalue weighted by molar-refractivity contribution is 6.12. The molecule has 0 saturated heterocycles. The number of para-hydroxylation sites is 1. The Morgan fingerprint density at radius 3 is 2.08 bits per heavy atom. The van der Waals surface area contributed by atoms with E-state index >= 15 is 0 Å². The fourth-order valence-corrected chi connectivity index (χ4v) is 7.78. The third kappa shape index (κ3) is 4.66. The van der Waals surface area contributed by atoms with E-state index in [1.807, 2.05) is 30.6 Å². The maximum Gasteiger partial charge on any atom is 0.147 e. The molecule has 0 fully saturated rings. The Morgan fingerprint density at radius 2 is 1.28 bits per heavy atom. The van der Waals surface area contributed by atoms with Gasteiger partial charge in [0.05, 0.1) is 16.7 Å². The van der Waals surface area contributed by atoms with Crippen LogP contribution in [0.15, 0.2) is 116 Å². The summed E-state index contributed by atoms with van der Waals surface area (Å²) >= 11 is 0. The van der Waals surface area contributed by atoms with Crippen molar-refractivity contribution in [2.24, 2.45) is 0 Å². The number of aryl methyl sites for hydroxylation is 3. The molecule has 0 atom stereocenters. The Labute approximate surface area is 290 Å². The Hall–Kier alpha value is -6.01. The zero-order valence-electron chi connectivity index (χ0n) is 29.1. The van der Waals surface area contributed by atoms with Crippen molar-refractivity contribution in [3.63, 3.8) is 0 Å². The van der Waals surface area contributed by atoms with Gasteiger partial charge in [0.15, 0.2) is 0 Å². The van der Waals surface area contributed by atoms with Crippen LogP contribution >= 0.6 is 0 Å². The number of ether oxygens (including phenoxy) is 1. The number of hydrogen-bond acceptors (Lipinski definition) is 4. The minimum atomic E-state index is -0.0882. The molecule has 5 aromatic heterocycles. The normalized spacial score (nSPS) is 12.2. The first-order valence-corrected chi connectivity index (χ1v) is 17.1. The molecule has 0 bridgehead atoms. The molecule has 0 N–H and O–H groups in total. The Balaban J connectivity index is 1.22. The van der Waals surface area contributed by atoms with Gasteiger partial charge in [0.1, 0.15) is 28.6 Å². The lowest BCUT2D eigenvalue weighted by Crippen LogP contribution is -2.16. The molecule has 0 radical (unpaired) electrons. The molecule has 50 heavy (non-hydrogen) atoms. The summed E-state index contributed by atoms with van der Waals surface area (Å²) in [7, 11) is 0. The molecule has 4 aromatic carbocycles. The van der Waals surface area contributed by atoms with E-state index in [2.05, 4.69) is 136 Å². The lowest BCUT2D eigenvalue weighted by atomic mass is 9.87. The second-order valence-corrected chi connectivity index (χ2v) is 14.4. The van der Waals surface area contributed by atoms with Gasteiger partial charge in [-0.3, -0.25) is 8.97 Å². The van der Waals surface area contributed by atoms with Crippen molar-refractivity contribution < 1.29 is 4.74 Å². The summed E-state index contributed by atoms with van der Waals surface area (Å²) in [6.45, 7) is 13.2. The fourth-order valence-electron chi connectivity index (χ4n) is 7.78. The fraction of sp³-hybridized carbons (Fsp3) is 0.159. The molecule has 6 nitrogen and oxygen atoms in total. The van der Waals surface area contributed by atoms with Crippen molar-refractivity contribution in [1.29, 1.82) is 0 Å². The zero-order valence-corrected chi connectivity index (χ0v) is 29.1. The Kier molecular flexibility index (Phi) is 6.62. The smallest absolute Gasteiger partial charge is 0.147 e. The van der Waals surface area contributed by atoms with Crippen molar-refractivity contribution >= 4 is 49.3 Å². The predicted octanol–water partition coefficient (Wildman–Crippen LogP) is 11.2. The van der Waals surface area contributed by atoms with E-state index in [1.54, 1.807) is 0 Å². The molecule has 0 spiro atoms. The van der Waals surface area contributed by atoms with Gasteiger partial charge in [-0.05, 0) is 97.3 Å². The minimum Gasteiger partial charge on any atom is -0.457 e. The average Bonchev–Trinajstić information content (AvgIpc) is 3.67. The number of fused-ring (bicyclic) bond motifs is 9. The molecule has 0 aliphatic carbocycles. The summed E-state index contributed by atoms with van der Waals surface area (Å²) in [5, 5.41) is 5.50. The number of rotatable bonds is 4. The lowest BCUT2D eigenvalue weighted by Gasteiger charge is -2.23. The standard InChI is InChI=1S/C44H37N5O/c1-26-21-27(2)40(28(3)22-26)37-25-48-41-34(12-9-19-45-41)31-17-15-29(23-35(31)42(48)47-37)50-30-16-18-33-32-11-7-8-14-38(32)49(39(33)24-30)43-36(44(4,5)6)13-10-20-46-43/h7-25H,1-6H3. The molecule has 5 heterocycles. The molecule has 9 rings (SSSR count). The van der Waals surface area contributed by atoms with Gasteiger partial charge in [-0.15, -0.1) is 0 Å². The van der Waals surface area contributed by atoms with Crippen LogP contribution in [0.3, 0.4) is 0 Å². The largest absolute Gasteiger partial charge is 0.457 e. The van der Waals surface area contributed by atoms with Gasteiger partial charge in [-0.25, -0.2) is 15.0 Å². The van der Waals surface area contributed by atoms with E-state index in [-0.39, 0.29) is 5.41 Å². The van der Waals surface area contributed by atoms with E-state index in [4.69, 9.17) is 19.7 Å². The molecule has 0 aliphatic rings. The first-order valence-electron chi connectivity index (χ1n) is 17.1. The number of imidazole rings is 1. The summed E-state index contributed by atoms with van der Waals surface area (Å²) < 4.78 is 11.1. The zero-order chi connectivity index (χ0) is 34.3. The van der Waals surface area contributed by atoms with E-state index in [0.717, 1.165) is 72.4 Å². The van der Waals surface area contributed by atoms with Gasteiger partial charge in [0.25, 0.3) is 0 Å². The van der Waals surface area contributed by atoms with Crippen LogP contribution in [0.1, 0.15) is 43.0 Å². The summed E-state index contributed by atoms with van der Waals surface area (Å²) in [6.07, 6.45) is 5.85. The van der Waals surface area contributed by atoms with Gasteiger partial charge < -0.3 is 4.74 Å². The quantitative estimate of drug-likeness (QED) is 0.178. The van der Waals surface area contributed by atoms with E-state index in [0.29, 0.717) is 0 Å². The van der Waals surface area contributed by atoms with Crippen LogP contribution in [0.5, 0.6) is 11.5 Å². The molecular formula is C44H37N5O. The third-order valence-corrected chi connectivity index (χ3v) is 9.86. The SMILES string of the molecule is Cc1cc(C)c(-c2cn3c4ncccc4c4ccc(Oc5ccc6c7ccccc7n(-c7ncccc7C(C)(C)C)c6c5)cc4c3n2)c(C)c1. The molecular weight excluding hydrogens is 615 g/mol. The van der Waals surface area contributed by atoms with E-state index < -0.39 is 0 Å². The van der Waals surface area contributed by atoms with E-state index in [9.17, 15) is 0 Å². The highest BCUT2D eigenvalue weighted by atomic mass is 16.5. The van der Waals surface area contributed by atoms with Crippen LogP contribution in [0.25, 0.3) is 66.3 Å². The highest BCUT2D eigenvalue weighted by Gasteiger charge is 2.23. The Morgan fingerprint density at radius 1 is 0.600 bits per heavy atom. The first-order chi connectivity index (χ1) is 24.2. The molecule has 0 aliphatic heterocycles. The molecule has 6 heteroatoms.